The Morgan fingerprint density at radius 2 is 1.87 bits per heavy atom. The molecule has 1 heterocycles. The number of amides is 2. The minimum absolute atomic E-state index is 0.109. The molecule has 1 saturated heterocycles. The lowest BCUT2D eigenvalue weighted by molar-refractivity contribution is 0.209. The monoisotopic (exact) mass is 235 g/mol. The molecule has 15 heavy (non-hydrogen) atoms. The van der Waals surface area contributed by atoms with Crippen LogP contribution in [0.3, 0.4) is 0 Å². The molecule has 0 aliphatic carbocycles. The Bertz CT molecular complexity index is 309. The van der Waals surface area contributed by atoms with Gasteiger partial charge < -0.3 is 10.2 Å². The van der Waals surface area contributed by atoms with Crippen molar-refractivity contribution >= 4 is 16.1 Å². The second kappa shape index (κ2) is 5.32. The minimum Gasteiger partial charge on any atom is -0.337 e. The van der Waals surface area contributed by atoms with Gasteiger partial charge in [0.1, 0.15) is 0 Å². The van der Waals surface area contributed by atoms with E-state index < -0.39 is 10.0 Å². The molecule has 1 rings (SSSR count). The lowest BCUT2D eigenvalue weighted by Gasteiger charge is -2.15. The first-order chi connectivity index (χ1) is 6.99. The quantitative estimate of drug-likeness (QED) is 0.635. The van der Waals surface area contributed by atoms with E-state index in [0.29, 0.717) is 6.54 Å². The van der Waals surface area contributed by atoms with Gasteiger partial charge in [0.25, 0.3) is 0 Å². The molecule has 1 aliphatic rings. The maximum absolute atomic E-state index is 11.4. The van der Waals surface area contributed by atoms with Crippen LogP contribution in [0.25, 0.3) is 0 Å². The van der Waals surface area contributed by atoms with Gasteiger partial charge in [0.05, 0.1) is 6.26 Å². The molecule has 7 heteroatoms. The van der Waals surface area contributed by atoms with E-state index >= 15 is 0 Å². The van der Waals surface area contributed by atoms with Crippen molar-refractivity contribution in [3.8, 4) is 0 Å². The number of likely N-dealkylation sites (tertiary alicyclic amines) is 1. The van der Waals surface area contributed by atoms with Gasteiger partial charge in [-0.3, -0.25) is 0 Å². The number of carbonyl (C=O) groups excluding carboxylic acids is 1. The van der Waals surface area contributed by atoms with Crippen molar-refractivity contribution in [2.45, 2.75) is 12.8 Å². The van der Waals surface area contributed by atoms with Gasteiger partial charge in [-0.25, -0.2) is 17.9 Å². The molecule has 0 saturated carbocycles. The minimum atomic E-state index is -3.16. The summed E-state index contributed by atoms with van der Waals surface area (Å²) in [5, 5.41) is 2.66. The van der Waals surface area contributed by atoms with Crippen LogP contribution in [0.1, 0.15) is 12.8 Å². The average molecular weight is 235 g/mol. The Labute approximate surface area is 90.1 Å². The van der Waals surface area contributed by atoms with Gasteiger partial charge in [-0.1, -0.05) is 0 Å². The fourth-order valence-corrected chi connectivity index (χ4v) is 1.91. The van der Waals surface area contributed by atoms with Crippen molar-refractivity contribution in [2.75, 3.05) is 32.4 Å². The first-order valence-corrected chi connectivity index (χ1v) is 6.85. The van der Waals surface area contributed by atoms with E-state index in [4.69, 9.17) is 0 Å². The van der Waals surface area contributed by atoms with Crippen molar-refractivity contribution in [3.05, 3.63) is 0 Å². The molecule has 0 aromatic carbocycles. The molecule has 0 atom stereocenters. The SMILES string of the molecule is CS(=O)(=O)NCCNC(=O)N1CCCC1. The van der Waals surface area contributed by atoms with Crippen molar-refractivity contribution in [3.63, 3.8) is 0 Å². The lowest BCUT2D eigenvalue weighted by atomic mass is 10.4. The zero-order valence-electron chi connectivity index (χ0n) is 8.82. The highest BCUT2D eigenvalue weighted by Crippen LogP contribution is 2.06. The molecule has 2 amide bonds. The van der Waals surface area contributed by atoms with E-state index in [9.17, 15) is 13.2 Å². The number of nitrogens with one attached hydrogen (secondary N) is 2. The maximum atomic E-state index is 11.4. The number of rotatable bonds is 4. The fourth-order valence-electron chi connectivity index (χ4n) is 1.44. The second-order valence-corrected chi connectivity index (χ2v) is 5.43. The summed E-state index contributed by atoms with van der Waals surface area (Å²) in [5.41, 5.74) is 0. The van der Waals surface area contributed by atoms with Crippen LogP contribution in [-0.2, 0) is 10.0 Å². The number of sulfonamides is 1. The smallest absolute Gasteiger partial charge is 0.317 e. The van der Waals surface area contributed by atoms with Gasteiger partial charge >= 0.3 is 6.03 Å². The molecular weight excluding hydrogens is 218 g/mol. The van der Waals surface area contributed by atoms with Gasteiger partial charge in [0, 0.05) is 26.2 Å². The molecule has 0 unspecified atom stereocenters. The molecular formula is C8H17N3O3S. The number of nitrogens with zero attached hydrogens (tertiary/aromatic N) is 1. The Morgan fingerprint density at radius 3 is 2.40 bits per heavy atom. The summed E-state index contributed by atoms with van der Waals surface area (Å²) in [6.07, 6.45) is 3.19. The molecule has 6 nitrogen and oxygen atoms in total. The molecule has 0 radical (unpaired) electrons. The van der Waals surface area contributed by atoms with E-state index in [1.54, 1.807) is 4.90 Å². The third-order valence-corrected chi connectivity index (χ3v) is 2.89. The van der Waals surface area contributed by atoms with Crippen LogP contribution in [0, 0.1) is 0 Å². The summed E-state index contributed by atoms with van der Waals surface area (Å²) in [6, 6.07) is -0.109. The first kappa shape index (κ1) is 12.3. The summed E-state index contributed by atoms with van der Waals surface area (Å²) in [7, 11) is -3.16. The van der Waals surface area contributed by atoms with Gasteiger partial charge in [0.2, 0.25) is 10.0 Å². The van der Waals surface area contributed by atoms with E-state index in [-0.39, 0.29) is 12.6 Å². The van der Waals surface area contributed by atoms with Crippen LogP contribution < -0.4 is 10.0 Å². The van der Waals surface area contributed by atoms with Crippen molar-refractivity contribution < 1.29 is 13.2 Å². The standard InChI is InChI=1S/C8H17N3O3S/c1-15(13,14)10-5-4-9-8(12)11-6-2-3-7-11/h10H,2-7H2,1H3,(H,9,12). The Kier molecular flexibility index (Phi) is 4.34. The molecule has 0 spiro atoms. The summed E-state index contributed by atoms with van der Waals surface area (Å²) < 4.78 is 23.7. The normalized spacial score (nSPS) is 16.7. The molecule has 1 fully saturated rings. The van der Waals surface area contributed by atoms with Gasteiger partial charge in [-0.15, -0.1) is 0 Å². The van der Waals surface area contributed by atoms with Crippen LogP contribution in [0.4, 0.5) is 4.79 Å². The summed E-state index contributed by atoms with van der Waals surface area (Å²) >= 11 is 0. The molecule has 0 aromatic rings. The molecule has 2 N–H and O–H groups in total. The first-order valence-electron chi connectivity index (χ1n) is 4.96. The summed E-state index contributed by atoms with van der Waals surface area (Å²) in [6.45, 7) is 2.15. The van der Waals surface area contributed by atoms with E-state index in [0.717, 1.165) is 32.2 Å². The third kappa shape index (κ3) is 4.98. The summed E-state index contributed by atoms with van der Waals surface area (Å²) in [5.74, 6) is 0. The Hall–Kier alpha value is -0.820. The number of hydrogen-bond donors (Lipinski definition) is 2. The lowest BCUT2D eigenvalue weighted by Crippen LogP contribution is -2.41. The highest BCUT2D eigenvalue weighted by molar-refractivity contribution is 7.88. The average Bonchev–Trinajstić information content (AvgIpc) is 2.63. The number of hydrogen-bond acceptors (Lipinski definition) is 3. The van der Waals surface area contributed by atoms with Crippen LogP contribution >= 0.6 is 0 Å². The van der Waals surface area contributed by atoms with E-state index in [1.165, 1.54) is 0 Å². The Balaban J connectivity index is 2.12. The third-order valence-electron chi connectivity index (χ3n) is 2.16. The summed E-state index contributed by atoms with van der Waals surface area (Å²) in [4.78, 5) is 13.1. The molecule has 1 aliphatic heterocycles. The zero-order valence-corrected chi connectivity index (χ0v) is 9.64. The molecule has 0 bridgehead atoms. The van der Waals surface area contributed by atoms with Crippen molar-refractivity contribution in [2.24, 2.45) is 0 Å². The van der Waals surface area contributed by atoms with Gasteiger partial charge in [0.15, 0.2) is 0 Å². The second-order valence-electron chi connectivity index (χ2n) is 3.59. The van der Waals surface area contributed by atoms with Gasteiger partial charge in [-0.05, 0) is 12.8 Å². The predicted molar refractivity (Wildman–Crippen MR) is 57.1 cm³/mol. The molecule has 88 valence electrons. The van der Waals surface area contributed by atoms with Crippen LogP contribution in [0.2, 0.25) is 0 Å². The van der Waals surface area contributed by atoms with E-state index in [2.05, 4.69) is 10.0 Å². The largest absolute Gasteiger partial charge is 0.337 e. The predicted octanol–water partition coefficient (Wildman–Crippen LogP) is -0.659. The Morgan fingerprint density at radius 1 is 1.27 bits per heavy atom. The van der Waals surface area contributed by atoms with Crippen LogP contribution in [-0.4, -0.2) is 51.8 Å². The molecule has 0 aromatic heterocycles. The highest BCUT2D eigenvalue weighted by Gasteiger charge is 2.16. The zero-order chi connectivity index (χ0) is 11.3. The van der Waals surface area contributed by atoms with Crippen molar-refractivity contribution in [1.82, 2.24) is 14.9 Å². The van der Waals surface area contributed by atoms with Crippen molar-refractivity contribution in [1.29, 1.82) is 0 Å². The topological polar surface area (TPSA) is 78.5 Å². The number of carbonyl (C=O) groups is 1. The van der Waals surface area contributed by atoms with Crippen LogP contribution in [0.5, 0.6) is 0 Å². The number of urea groups is 1. The fraction of sp³-hybridized carbons (Fsp3) is 0.875. The maximum Gasteiger partial charge on any atom is 0.317 e. The van der Waals surface area contributed by atoms with E-state index in [1.807, 2.05) is 0 Å². The van der Waals surface area contributed by atoms with Gasteiger partial charge in [-0.2, -0.15) is 0 Å². The van der Waals surface area contributed by atoms with Crippen LogP contribution in [0.15, 0.2) is 0 Å². The highest BCUT2D eigenvalue weighted by atomic mass is 32.2.